The van der Waals surface area contributed by atoms with E-state index in [1.165, 1.54) is 12.0 Å². The Morgan fingerprint density at radius 2 is 1.90 bits per heavy atom. The number of esters is 1. The average molecular weight is 450 g/mol. The first kappa shape index (κ1) is 24.7. The van der Waals surface area contributed by atoms with Crippen molar-refractivity contribution in [2.24, 2.45) is 5.41 Å². The monoisotopic (exact) mass is 449 g/mol. The van der Waals surface area contributed by atoms with Gasteiger partial charge in [-0.05, 0) is 46.2 Å². The highest BCUT2D eigenvalue weighted by atomic mass is 32.1. The van der Waals surface area contributed by atoms with E-state index >= 15 is 0 Å². The molecule has 2 rings (SSSR count). The molecule has 1 aliphatic rings. The number of carbonyl (C=O) groups is 2. The van der Waals surface area contributed by atoms with Gasteiger partial charge in [-0.25, -0.2) is 9.59 Å². The van der Waals surface area contributed by atoms with Gasteiger partial charge in [-0.3, -0.25) is 4.90 Å². The summed E-state index contributed by atoms with van der Waals surface area (Å²) in [4.78, 5) is 26.9. The first-order valence-electron chi connectivity index (χ1n) is 10.0. The first-order chi connectivity index (χ1) is 14.4. The number of aryl methyl sites for hydroxylation is 1. The predicted molar refractivity (Wildman–Crippen MR) is 121 cm³/mol. The van der Waals surface area contributed by atoms with E-state index in [1.807, 2.05) is 26.0 Å². The van der Waals surface area contributed by atoms with Gasteiger partial charge in [0.1, 0.15) is 23.5 Å². The molecule has 1 aromatic carbocycles. The molecule has 1 aliphatic heterocycles. The van der Waals surface area contributed by atoms with Crippen molar-refractivity contribution in [1.82, 2.24) is 4.90 Å². The number of nitrogens with zero attached hydrogens (tertiary/aromatic N) is 1. The van der Waals surface area contributed by atoms with Gasteiger partial charge in [0.05, 0.1) is 13.7 Å². The summed E-state index contributed by atoms with van der Waals surface area (Å²) < 4.78 is 22.1. The normalized spacial score (nSPS) is 23.1. The Balaban J connectivity index is 2.30. The van der Waals surface area contributed by atoms with Crippen LogP contribution in [-0.2, 0) is 19.0 Å². The Kier molecular flexibility index (Phi) is 7.70. The number of hydrogen-bond acceptors (Lipinski definition) is 7. The summed E-state index contributed by atoms with van der Waals surface area (Å²) in [6.07, 6.45) is 0.785. The Morgan fingerprint density at radius 1 is 1.29 bits per heavy atom. The largest absolute Gasteiger partial charge is 0.467 e. The van der Waals surface area contributed by atoms with E-state index in [9.17, 15) is 9.59 Å². The van der Waals surface area contributed by atoms with E-state index in [0.29, 0.717) is 12.2 Å². The molecule has 170 valence electrons. The highest BCUT2D eigenvalue weighted by molar-refractivity contribution is 7.79. The van der Waals surface area contributed by atoms with Crippen LogP contribution in [0.1, 0.15) is 39.7 Å². The topological polar surface area (TPSA) is 74.3 Å². The molecule has 0 bridgehead atoms. The van der Waals surface area contributed by atoms with Crippen LogP contribution >= 0.6 is 12.2 Å². The van der Waals surface area contributed by atoms with Crippen LogP contribution in [0.15, 0.2) is 36.9 Å². The second-order valence-corrected chi connectivity index (χ2v) is 9.16. The number of likely N-dealkylation sites (tertiary alicyclic amines) is 1. The third-order valence-corrected chi connectivity index (χ3v) is 5.31. The van der Waals surface area contributed by atoms with Gasteiger partial charge in [0.15, 0.2) is 0 Å². The Morgan fingerprint density at radius 3 is 2.42 bits per heavy atom. The van der Waals surface area contributed by atoms with Crippen molar-refractivity contribution in [3.8, 4) is 5.75 Å². The van der Waals surface area contributed by atoms with Gasteiger partial charge in [-0.2, -0.15) is 0 Å². The maximum Gasteiger partial charge on any atom is 0.411 e. The molecule has 0 aromatic heterocycles. The number of rotatable bonds is 5. The minimum atomic E-state index is -0.933. The zero-order valence-corrected chi connectivity index (χ0v) is 19.8. The minimum absolute atomic E-state index is 0.0798. The Hall–Kier alpha value is -2.61. The minimum Gasteiger partial charge on any atom is -0.467 e. The van der Waals surface area contributed by atoms with Crippen molar-refractivity contribution < 1.29 is 28.5 Å². The summed E-state index contributed by atoms with van der Waals surface area (Å²) in [6.45, 7) is 13.0. The molecular weight excluding hydrogens is 418 g/mol. The molecule has 7 nitrogen and oxygen atoms in total. The van der Waals surface area contributed by atoms with Crippen molar-refractivity contribution in [1.29, 1.82) is 0 Å². The van der Waals surface area contributed by atoms with Crippen LogP contribution in [-0.4, -0.2) is 53.6 Å². The molecule has 1 aromatic rings. The molecule has 0 radical (unpaired) electrons. The van der Waals surface area contributed by atoms with E-state index in [1.54, 1.807) is 39.0 Å². The molecule has 1 amide bonds. The number of allylic oxidation sites excluding steroid dienone is 1. The summed E-state index contributed by atoms with van der Waals surface area (Å²) in [6, 6.07) is 6.43. The number of amides is 1. The molecule has 1 fully saturated rings. The van der Waals surface area contributed by atoms with Crippen LogP contribution < -0.4 is 4.74 Å². The zero-order chi connectivity index (χ0) is 23.4. The second-order valence-electron chi connectivity index (χ2n) is 8.83. The molecule has 0 unspecified atom stereocenters. The van der Waals surface area contributed by atoms with Crippen LogP contribution in [0.4, 0.5) is 4.79 Å². The lowest BCUT2D eigenvalue weighted by atomic mass is 9.77. The van der Waals surface area contributed by atoms with E-state index in [2.05, 4.69) is 6.58 Å². The van der Waals surface area contributed by atoms with Crippen LogP contribution in [0.25, 0.3) is 0 Å². The van der Waals surface area contributed by atoms with Gasteiger partial charge in [0.25, 0.3) is 0 Å². The van der Waals surface area contributed by atoms with E-state index < -0.39 is 35.2 Å². The fourth-order valence-electron chi connectivity index (χ4n) is 3.60. The van der Waals surface area contributed by atoms with Gasteiger partial charge in [0.2, 0.25) is 0 Å². The van der Waals surface area contributed by atoms with E-state index in [4.69, 9.17) is 31.2 Å². The molecular formula is C23H31NO6S. The lowest BCUT2D eigenvalue weighted by Crippen LogP contribution is -2.50. The molecule has 0 saturated carbocycles. The molecule has 0 aliphatic carbocycles. The molecule has 0 spiro atoms. The van der Waals surface area contributed by atoms with Crippen molar-refractivity contribution in [3.63, 3.8) is 0 Å². The van der Waals surface area contributed by atoms with Crippen LogP contribution in [0.5, 0.6) is 5.75 Å². The summed E-state index contributed by atoms with van der Waals surface area (Å²) in [5.74, 6) is -0.0285. The van der Waals surface area contributed by atoms with Gasteiger partial charge in [0, 0.05) is 17.6 Å². The third-order valence-electron chi connectivity index (χ3n) is 5.13. The standard InChI is InChI=1S/C23H31NO6S/c1-8-13-23(6)17(29-21(31)28-16-11-9-15(2)10-12-16)14-24(18(23)19(25)27-7)20(26)30-22(3,4)5/h8-12,17-18H,1,13-14H2,2-7H3/t17-,18-,23-/m1/s1. The first-order valence-corrected chi connectivity index (χ1v) is 10.5. The predicted octanol–water partition coefficient (Wildman–Crippen LogP) is 4.42. The fraction of sp³-hybridized carbons (Fsp3) is 0.522. The summed E-state index contributed by atoms with van der Waals surface area (Å²) in [5, 5.41) is -0.0983. The fourth-order valence-corrected chi connectivity index (χ4v) is 3.81. The lowest BCUT2D eigenvalue weighted by molar-refractivity contribution is -0.149. The van der Waals surface area contributed by atoms with E-state index in [-0.39, 0.29) is 11.8 Å². The molecule has 31 heavy (non-hydrogen) atoms. The highest BCUT2D eigenvalue weighted by Crippen LogP contribution is 2.43. The van der Waals surface area contributed by atoms with Crippen molar-refractivity contribution in [3.05, 3.63) is 42.5 Å². The number of carbonyl (C=O) groups excluding carboxylic acids is 2. The highest BCUT2D eigenvalue weighted by Gasteiger charge is 2.58. The summed E-state index contributed by atoms with van der Waals surface area (Å²) in [7, 11) is 1.28. The van der Waals surface area contributed by atoms with Crippen LogP contribution in [0, 0.1) is 12.3 Å². The van der Waals surface area contributed by atoms with Gasteiger partial charge in [-0.15, -0.1) is 6.58 Å². The molecule has 8 heteroatoms. The molecule has 1 heterocycles. The number of benzene rings is 1. The van der Waals surface area contributed by atoms with Crippen LogP contribution in [0.3, 0.4) is 0 Å². The Labute approximate surface area is 189 Å². The SMILES string of the molecule is C=CC[C@]1(C)[C@H](OC(=S)Oc2ccc(C)cc2)CN(C(=O)OC(C)(C)C)[C@@H]1C(=O)OC. The maximum atomic E-state index is 12.9. The van der Waals surface area contributed by atoms with Crippen molar-refractivity contribution in [2.45, 2.75) is 58.8 Å². The number of thiocarbonyl (C=S) groups is 1. The number of methoxy groups -OCH3 is 1. The van der Waals surface area contributed by atoms with Gasteiger partial charge >= 0.3 is 17.3 Å². The van der Waals surface area contributed by atoms with Gasteiger partial charge < -0.3 is 18.9 Å². The summed E-state index contributed by atoms with van der Waals surface area (Å²) >= 11 is 5.30. The summed E-state index contributed by atoms with van der Waals surface area (Å²) in [5.41, 5.74) is -0.496. The molecule has 0 N–H and O–H groups in total. The van der Waals surface area contributed by atoms with Gasteiger partial charge in [-0.1, -0.05) is 30.7 Å². The number of hydrogen-bond donors (Lipinski definition) is 0. The second kappa shape index (κ2) is 9.68. The van der Waals surface area contributed by atoms with E-state index in [0.717, 1.165) is 5.56 Å². The number of ether oxygens (including phenoxy) is 4. The molecule has 3 atom stereocenters. The zero-order valence-electron chi connectivity index (χ0n) is 19.0. The van der Waals surface area contributed by atoms with Crippen molar-refractivity contribution >= 4 is 29.5 Å². The molecule has 1 saturated heterocycles. The van der Waals surface area contributed by atoms with Crippen molar-refractivity contribution in [2.75, 3.05) is 13.7 Å². The smallest absolute Gasteiger partial charge is 0.411 e. The Bertz CT molecular complexity index is 831. The third kappa shape index (κ3) is 5.97. The maximum absolute atomic E-state index is 12.9. The quantitative estimate of drug-likeness (QED) is 0.374. The van der Waals surface area contributed by atoms with Crippen LogP contribution in [0.2, 0.25) is 0 Å². The average Bonchev–Trinajstić information content (AvgIpc) is 2.94. The lowest BCUT2D eigenvalue weighted by Gasteiger charge is -2.35.